The number of methoxy groups -OCH3 is 1. The van der Waals surface area contributed by atoms with Crippen LogP contribution in [0.15, 0.2) is 47.4 Å². The van der Waals surface area contributed by atoms with Crippen molar-refractivity contribution in [1.29, 1.82) is 0 Å². The molecule has 1 heterocycles. The number of likely N-dealkylation sites (N-methyl/N-ethyl adjacent to an activating group) is 1. The summed E-state index contributed by atoms with van der Waals surface area (Å²) in [5.41, 5.74) is 1.37. The fourth-order valence-electron chi connectivity index (χ4n) is 3.56. The Balaban J connectivity index is 1.87. The second-order valence-corrected chi connectivity index (χ2v) is 11.5. The third-order valence-corrected chi connectivity index (χ3v) is 8.62. The molecule has 0 unspecified atom stereocenters. The highest BCUT2D eigenvalue weighted by Gasteiger charge is 2.37. The molecule has 0 spiro atoms. The molecule has 1 fully saturated rings. The summed E-state index contributed by atoms with van der Waals surface area (Å²) in [6.45, 7) is 1.71. The summed E-state index contributed by atoms with van der Waals surface area (Å²) in [6, 6.07) is 11.3. The van der Waals surface area contributed by atoms with Crippen molar-refractivity contribution in [2.75, 3.05) is 37.8 Å². The summed E-state index contributed by atoms with van der Waals surface area (Å²) in [4.78, 5) is 13.9. The summed E-state index contributed by atoms with van der Waals surface area (Å²) in [7, 11) is -2.51. The van der Waals surface area contributed by atoms with E-state index < -0.39 is 26.0 Å². The van der Waals surface area contributed by atoms with Crippen LogP contribution in [0.4, 0.5) is 5.69 Å². The van der Waals surface area contributed by atoms with Gasteiger partial charge < -0.3 is 9.64 Å². The molecule has 11 heteroatoms. The second-order valence-electron chi connectivity index (χ2n) is 7.78. The summed E-state index contributed by atoms with van der Waals surface area (Å²) >= 11 is 0. The van der Waals surface area contributed by atoms with E-state index in [9.17, 15) is 21.6 Å². The molecule has 1 amide bonds. The Kier molecular flexibility index (Phi) is 6.94. The fraction of sp³-hybridized carbons (Fsp3) is 0.381. The predicted octanol–water partition coefficient (Wildman–Crippen LogP) is 1.65. The maximum atomic E-state index is 13.1. The summed E-state index contributed by atoms with van der Waals surface area (Å²) in [5.74, 6) is -0.157. The number of ether oxygens (including phenoxy) is 1. The molecule has 1 aliphatic rings. The lowest BCUT2D eigenvalue weighted by atomic mass is 10.1. The Hall–Kier alpha value is -2.47. The third kappa shape index (κ3) is 4.96. The van der Waals surface area contributed by atoms with Crippen LogP contribution >= 0.6 is 0 Å². The van der Waals surface area contributed by atoms with Crippen molar-refractivity contribution < 1.29 is 26.4 Å². The third-order valence-electron chi connectivity index (χ3n) is 5.36. The molecule has 2 aromatic rings. The quantitative estimate of drug-likeness (QED) is 0.610. The lowest BCUT2D eigenvalue weighted by Gasteiger charge is -2.25. The minimum absolute atomic E-state index is 0.0257. The molecule has 0 aliphatic carbocycles. The van der Waals surface area contributed by atoms with Crippen LogP contribution in [0.2, 0.25) is 0 Å². The smallest absolute Gasteiger partial charge is 0.242 e. The van der Waals surface area contributed by atoms with E-state index in [-0.39, 0.29) is 35.3 Å². The minimum Gasteiger partial charge on any atom is -0.497 e. The zero-order valence-corrected chi connectivity index (χ0v) is 20.0. The van der Waals surface area contributed by atoms with Crippen molar-refractivity contribution in [1.82, 2.24) is 9.62 Å². The van der Waals surface area contributed by atoms with Crippen LogP contribution in [-0.4, -0.2) is 61.1 Å². The van der Waals surface area contributed by atoms with Gasteiger partial charge in [0.1, 0.15) is 5.75 Å². The molecular weight excluding hydrogens is 454 g/mol. The number of sulfonamides is 2. The van der Waals surface area contributed by atoms with Gasteiger partial charge in [0, 0.05) is 19.0 Å². The molecule has 0 bridgehead atoms. The molecular formula is C21H27N3O6S2. The number of aryl methyl sites for hydroxylation is 1. The van der Waals surface area contributed by atoms with Gasteiger partial charge in [-0.05, 0) is 56.4 Å². The zero-order chi connectivity index (χ0) is 23.7. The lowest BCUT2D eigenvalue weighted by molar-refractivity contribution is -0.116. The minimum atomic E-state index is -3.98. The normalized spacial score (nSPS) is 17.0. The standard InChI is InChI=1S/C21H27N3O6S2/c1-15-5-8-17(24-21(25)11-12-31(24,26)27)13-20(15)32(28,29)22-14-19(23(2)3)16-6-9-18(30-4)10-7-16/h5-10,13,19,22H,11-12,14H2,1-4H3/t19-/m0/s1. The van der Waals surface area contributed by atoms with Crippen LogP contribution in [0.3, 0.4) is 0 Å². The Morgan fingerprint density at radius 2 is 1.81 bits per heavy atom. The highest BCUT2D eigenvalue weighted by atomic mass is 32.2. The monoisotopic (exact) mass is 481 g/mol. The first kappa shape index (κ1) is 24.2. The predicted molar refractivity (Wildman–Crippen MR) is 122 cm³/mol. The molecule has 0 saturated carbocycles. The van der Waals surface area contributed by atoms with Gasteiger partial charge in [0.05, 0.1) is 23.4 Å². The number of hydrogen-bond donors (Lipinski definition) is 1. The van der Waals surface area contributed by atoms with Gasteiger partial charge >= 0.3 is 0 Å². The maximum Gasteiger partial charge on any atom is 0.242 e. The number of carbonyl (C=O) groups is 1. The molecule has 2 aromatic carbocycles. The van der Waals surface area contributed by atoms with Gasteiger partial charge in [-0.3, -0.25) is 4.79 Å². The summed E-state index contributed by atoms with van der Waals surface area (Å²) in [5, 5.41) is 0. The van der Waals surface area contributed by atoms with E-state index in [2.05, 4.69) is 4.72 Å². The maximum absolute atomic E-state index is 13.1. The Morgan fingerprint density at radius 1 is 1.16 bits per heavy atom. The molecule has 3 rings (SSSR count). The van der Waals surface area contributed by atoms with Gasteiger partial charge in [-0.2, -0.15) is 0 Å². The Labute approximate surface area is 189 Å². The van der Waals surface area contributed by atoms with Gasteiger partial charge in [0.15, 0.2) is 0 Å². The van der Waals surface area contributed by atoms with E-state index in [0.717, 1.165) is 5.56 Å². The van der Waals surface area contributed by atoms with E-state index in [1.807, 2.05) is 31.1 Å². The average molecular weight is 482 g/mol. The van der Waals surface area contributed by atoms with E-state index in [0.29, 0.717) is 15.6 Å². The van der Waals surface area contributed by atoms with E-state index in [1.165, 1.54) is 18.2 Å². The SMILES string of the molecule is COc1ccc([C@H](CNS(=O)(=O)c2cc(N3C(=O)CCS3(=O)=O)ccc2C)N(C)C)cc1. The van der Waals surface area contributed by atoms with Gasteiger partial charge in [0.25, 0.3) is 0 Å². The highest BCUT2D eigenvalue weighted by molar-refractivity contribution is 7.94. The number of anilines is 1. The topological polar surface area (TPSA) is 113 Å². The average Bonchev–Trinajstić information content (AvgIpc) is 3.01. The number of amides is 1. The van der Waals surface area contributed by atoms with Crippen molar-refractivity contribution >= 4 is 31.6 Å². The molecule has 0 radical (unpaired) electrons. The number of nitrogens with one attached hydrogen (secondary N) is 1. The number of carbonyl (C=O) groups excluding carboxylic acids is 1. The van der Waals surface area contributed by atoms with Crippen LogP contribution in [0.25, 0.3) is 0 Å². The number of rotatable bonds is 8. The van der Waals surface area contributed by atoms with Crippen LogP contribution in [0.1, 0.15) is 23.6 Å². The van der Waals surface area contributed by atoms with Crippen molar-refractivity contribution in [3.8, 4) is 5.75 Å². The van der Waals surface area contributed by atoms with Gasteiger partial charge in [-0.15, -0.1) is 0 Å². The molecule has 0 aromatic heterocycles. The number of nitrogens with zero attached hydrogens (tertiary/aromatic N) is 2. The van der Waals surface area contributed by atoms with Gasteiger partial charge in [0.2, 0.25) is 26.0 Å². The van der Waals surface area contributed by atoms with Crippen molar-refractivity contribution in [3.63, 3.8) is 0 Å². The van der Waals surface area contributed by atoms with E-state index in [1.54, 1.807) is 26.2 Å². The Bertz CT molecular complexity index is 1210. The van der Waals surface area contributed by atoms with Crippen LogP contribution in [-0.2, 0) is 24.8 Å². The molecule has 1 saturated heterocycles. The summed E-state index contributed by atoms with van der Waals surface area (Å²) < 4.78 is 59.2. The van der Waals surface area contributed by atoms with E-state index in [4.69, 9.17) is 4.74 Å². The van der Waals surface area contributed by atoms with Crippen LogP contribution < -0.4 is 13.8 Å². The highest BCUT2D eigenvalue weighted by Crippen LogP contribution is 2.29. The Morgan fingerprint density at radius 3 is 2.34 bits per heavy atom. The zero-order valence-electron chi connectivity index (χ0n) is 18.4. The van der Waals surface area contributed by atoms with Crippen molar-refractivity contribution in [3.05, 3.63) is 53.6 Å². The van der Waals surface area contributed by atoms with Gasteiger partial charge in [-0.25, -0.2) is 25.9 Å². The lowest BCUT2D eigenvalue weighted by Crippen LogP contribution is -2.35. The first-order valence-electron chi connectivity index (χ1n) is 9.93. The van der Waals surface area contributed by atoms with Crippen molar-refractivity contribution in [2.24, 2.45) is 0 Å². The second kappa shape index (κ2) is 9.18. The molecule has 32 heavy (non-hydrogen) atoms. The van der Waals surface area contributed by atoms with E-state index >= 15 is 0 Å². The van der Waals surface area contributed by atoms with Crippen LogP contribution in [0.5, 0.6) is 5.75 Å². The largest absolute Gasteiger partial charge is 0.497 e. The number of benzene rings is 2. The molecule has 1 N–H and O–H groups in total. The van der Waals surface area contributed by atoms with Crippen molar-refractivity contribution in [2.45, 2.75) is 24.3 Å². The van der Waals surface area contributed by atoms with Gasteiger partial charge in [-0.1, -0.05) is 18.2 Å². The summed E-state index contributed by atoms with van der Waals surface area (Å²) in [6.07, 6.45) is -0.122. The molecule has 9 nitrogen and oxygen atoms in total. The molecule has 1 aliphatic heterocycles. The van der Waals surface area contributed by atoms with Crippen LogP contribution in [0, 0.1) is 6.92 Å². The first-order chi connectivity index (χ1) is 15.0. The number of hydrogen-bond acceptors (Lipinski definition) is 7. The fourth-order valence-corrected chi connectivity index (χ4v) is 6.32. The molecule has 1 atom stereocenters. The molecule has 174 valence electrons. The first-order valence-corrected chi connectivity index (χ1v) is 13.0.